The lowest BCUT2D eigenvalue weighted by Crippen LogP contribution is -2.54. The van der Waals surface area contributed by atoms with Crippen molar-refractivity contribution in [3.05, 3.63) is 41.5 Å². The first-order valence-corrected chi connectivity index (χ1v) is 10.1. The lowest BCUT2D eigenvalue weighted by Gasteiger charge is -2.31. The van der Waals surface area contributed by atoms with Crippen molar-refractivity contribution in [2.75, 3.05) is 13.7 Å². The van der Waals surface area contributed by atoms with Crippen molar-refractivity contribution in [3.63, 3.8) is 0 Å². The summed E-state index contributed by atoms with van der Waals surface area (Å²) in [5, 5.41) is 28.0. The average Bonchev–Trinajstić information content (AvgIpc) is 2.75. The van der Waals surface area contributed by atoms with Crippen LogP contribution in [-0.2, 0) is 16.0 Å². The van der Waals surface area contributed by atoms with E-state index in [0.717, 1.165) is 12.0 Å². The van der Waals surface area contributed by atoms with Crippen LogP contribution in [0.25, 0.3) is 0 Å². The Hall–Kier alpha value is -3.11. The van der Waals surface area contributed by atoms with Crippen molar-refractivity contribution in [1.82, 2.24) is 16.0 Å². The van der Waals surface area contributed by atoms with E-state index in [4.69, 9.17) is 10.5 Å². The van der Waals surface area contributed by atoms with Crippen LogP contribution in [-0.4, -0.2) is 66.0 Å². The smallest absolute Gasteiger partial charge is 0.315 e. The molecule has 1 aliphatic carbocycles. The van der Waals surface area contributed by atoms with Gasteiger partial charge >= 0.3 is 6.03 Å². The molecule has 0 radical (unpaired) electrons. The molecule has 31 heavy (non-hydrogen) atoms. The minimum Gasteiger partial charge on any atom is -0.497 e. The Labute approximate surface area is 180 Å². The quantitative estimate of drug-likeness (QED) is 0.302. The molecule has 10 heteroatoms. The molecular formula is C21H30N4O6. The van der Waals surface area contributed by atoms with Gasteiger partial charge in [0.1, 0.15) is 17.9 Å². The number of aliphatic hydroxyl groups excluding tert-OH is 2. The van der Waals surface area contributed by atoms with Gasteiger partial charge in [0.25, 0.3) is 0 Å². The molecule has 0 unspecified atom stereocenters. The monoisotopic (exact) mass is 434 g/mol. The minimum absolute atomic E-state index is 0.129. The normalized spacial score (nSPS) is 21.4. The summed E-state index contributed by atoms with van der Waals surface area (Å²) in [4.78, 5) is 36.5. The van der Waals surface area contributed by atoms with Crippen LogP contribution >= 0.6 is 0 Å². The summed E-state index contributed by atoms with van der Waals surface area (Å²) in [6.45, 7) is 2.34. The zero-order valence-corrected chi connectivity index (χ0v) is 17.6. The number of nitrogens with one attached hydrogen (secondary N) is 3. The zero-order chi connectivity index (χ0) is 23.0. The predicted molar refractivity (Wildman–Crippen MR) is 113 cm³/mol. The molecule has 0 fully saturated rings. The Morgan fingerprint density at radius 2 is 1.90 bits per heavy atom. The van der Waals surface area contributed by atoms with Gasteiger partial charge in [0.05, 0.1) is 19.3 Å². The van der Waals surface area contributed by atoms with Gasteiger partial charge in [0, 0.05) is 25.0 Å². The van der Waals surface area contributed by atoms with Crippen LogP contribution in [0.2, 0.25) is 0 Å². The number of carbonyl (C=O) groups is 3. The lowest BCUT2D eigenvalue weighted by atomic mass is 9.90. The average molecular weight is 434 g/mol. The molecule has 4 atom stereocenters. The summed E-state index contributed by atoms with van der Waals surface area (Å²) in [5.74, 6) is -0.663. The molecule has 0 saturated heterocycles. The molecule has 2 rings (SSSR count). The van der Waals surface area contributed by atoms with Crippen molar-refractivity contribution in [1.29, 1.82) is 0 Å². The Bertz CT molecular complexity index is 811. The number of carbonyl (C=O) groups excluding carboxylic acids is 3. The second kappa shape index (κ2) is 11.3. The predicted octanol–water partition coefficient (Wildman–Crippen LogP) is -0.662. The first kappa shape index (κ1) is 24.2. The molecule has 1 aliphatic rings. The van der Waals surface area contributed by atoms with Crippen molar-refractivity contribution in [2.45, 2.75) is 50.5 Å². The highest BCUT2D eigenvalue weighted by Crippen LogP contribution is 2.20. The molecule has 1 aromatic rings. The third kappa shape index (κ3) is 6.97. The zero-order valence-electron chi connectivity index (χ0n) is 17.6. The van der Waals surface area contributed by atoms with Gasteiger partial charge in [-0.25, -0.2) is 4.79 Å². The van der Waals surface area contributed by atoms with E-state index in [-0.39, 0.29) is 18.4 Å². The second-order valence-corrected chi connectivity index (χ2v) is 7.36. The third-order valence-electron chi connectivity index (χ3n) is 4.94. The Balaban J connectivity index is 2.09. The maximum absolute atomic E-state index is 12.7. The van der Waals surface area contributed by atoms with Crippen molar-refractivity contribution in [3.8, 4) is 5.75 Å². The Morgan fingerprint density at radius 1 is 1.23 bits per heavy atom. The fourth-order valence-corrected chi connectivity index (χ4v) is 3.18. The van der Waals surface area contributed by atoms with Crippen molar-refractivity contribution >= 4 is 17.8 Å². The van der Waals surface area contributed by atoms with Gasteiger partial charge in [0.2, 0.25) is 11.8 Å². The van der Waals surface area contributed by atoms with E-state index in [2.05, 4.69) is 16.0 Å². The number of rotatable bonds is 9. The Kier molecular flexibility index (Phi) is 8.83. The molecule has 7 N–H and O–H groups in total. The molecule has 0 aromatic heterocycles. The number of hydrogen-bond acceptors (Lipinski definition) is 6. The maximum Gasteiger partial charge on any atom is 0.315 e. The van der Waals surface area contributed by atoms with Gasteiger partial charge < -0.3 is 36.6 Å². The van der Waals surface area contributed by atoms with Crippen molar-refractivity contribution in [2.24, 2.45) is 5.73 Å². The van der Waals surface area contributed by atoms with E-state index < -0.39 is 42.1 Å². The number of benzene rings is 1. The summed E-state index contributed by atoms with van der Waals surface area (Å²) in [6.07, 6.45) is -0.370. The van der Waals surface area contributed by atoms with Gasteiger partial charge in [-0.2, -0.15) is 0 Å². The van der Waals surface area contributed by atoms with Crippen LogP contribution < -0.4 is 26.4 Å². The summed E-state index contributed by atoms with van der Waals surface area (Å²) < 4.78 is 5.10. The SMILES string of the molecule is CCCNC(=O)N[C@@H]1C=C(C(=O)N[C@@H](Cc2ccc(OC)cc2)C(N)=O)C[C@@H](O)[C@@H]1O. The first-order chi connectivity index (χ1) is 14.7. The molecule has 0 bridgehead atoms. The molecular weight excluding hydrogens is 404 g/mol. The van der Waals surface area contributed by atoms with Gasteiger partial charge in [-0.3, -0.25) is 9.59 Å². The van der Waals surface area contributed by atoms with Crippen LogP contribution in [0.4, 0.5) is 4.79 Å². The number of ether oxygens (including phenoxy) is 1. The number of hydrogen-bond donors (Lipinski definition) is 6. The van der Waals surface area contributed by atoms with E-state index in [1.165, 1.54) is 6.08 Å². The van der Waals surface area contributed by atoms with Crippen LogP contribution in [0.15, 0.2) is 35.9 Å². The number of amides is 4. The van der Waals surface area contributed by atoms with Gasteiger partial charge in [-0.05, 0) is 24.1 Å². The molecule has 0 aliphatic heterocycles. The van der Waals surface area contributed by atoms with E-state index >= 15 is 0 Å². The molecule has 170 valence electrons. The number of nitrogens with two attached hydrogens (primary N) is 1. The van der Waals surface area contributed by atoms with E-state index in [0.29, 0.717) is 12.3 Å². The lowest BCUT2D eigenvalue weighted by molar-refractivity contribution is -0.125. The van der Waals surface area contributed by atoms with E-state index in [9.17, 15) is 24.6 Å². The maximum atomic E-state index is 12.7. The Morgan fingerprint density at radius 3 is 2.48 bits per heavy atom. The molecule has 10 nitrogen and oxygen atoms in total. The van der Waals surface area contributed by atoms with Crippen LogP contribution in [0.5, 0.6) is 5.75 Å². The van der Waals surface area contributed by atoms with Crippen LogP contribution in [0, 0.1) is 0 Å². The highest BCUT2D eigenvalue weighted by Gasteiger charge is 2.34. The van der Waals surface area contributed by atoms with E-state index in [1.807, 2.05) is 6.92 Å². The first-order valence-electron chi connectivity index (χ1n) is 10.1. The van der Waals surface area contributed by atoms with E-state index in [1.54, 1.807) is 31.4 Å². The third-order valence-corrected chi connectivity index (χ3v) is 4.94. The summed E-state index contributed by atoms with van der Waals surface area (Å²) in [7, 11) is 1.54. The van der Waals surface area contributed by atoms with Gasteiger partial charge in [-0.15, -0.1) is 0 Å². The highest BCUT2D eigenvalue weighted by atomic mass is 16.5. The molecule has 0 saturated carbocycles. The van der Waals surface area contributed by atoms with Crippen LogP contribution in [0.1, 0.15) is 25.3 Å². The van der Waals surface area contributed by atoms with Gasteiger partial charge in [0.15, 0.2) is 0 Å². The molecule has 0 spiro atoms. The fourth-order valence-electron chi connectivity index (χ4n) is 3.18. The van der Waals surface area contributed by atoms with Crippen LogP contribution in [0.3, 0.4) is 0 Å². The topological polar surface area (TPSA) is 163 Å². The minimum atomic E-state index is -1.27. The van der Waals surface area contributed by atoms with Crippen molar-refractivity contribution < 1.29 is 29.3 Å². The molecule has 1 aromatic carbocycles. The summed E-state index contributed by atoms with van der Waals surface area (Å²) >= 11 is 0. The fraction of sp³-hybridized carbons (Fsp3) is 0.476. The second-order valence-electron chi connectivity index (χ2n) is 7.36. The number of methoxy groups -OCH3 is 1. The highest BCUT2D eigenvalue weighted by molar-refractivity contribution is 5.97. The molecule has 0 heterocycles. The largest absolute Gasteiger partial charge is 0.497 e. The number of urea groups is 1. The molecule has 4 amide bonds. The number of aliphatic hydroxyl groups is 2. The standard InChI is InChI=1S/C21H30N4O6/c1-3-8-23-21(30)25-15-10-13(11-17(26)18(15)27)20(29)24-16(19(22)28)9-12-4-6-14(31-2)7-5-12/h4-7,10,15-18,26-27H,3,8-9,11H2,1-2H3,(H2,22,28)(H,24,29)(H2,23,25,30)/t15-,16+,17-,18-/m1/s1. The number of primary amides is 1. The van der Waals surface area contributed by atoms with Gasteiger partial charge in [-0.1, -0.05) is 25.1 Å². The summed E-state index contributed by atoms with van der Waals surface area (Å²) in [5.41, 5.74) is 6.36. The summed E-state index contributed by atoms with van der Waals surface area (Å²) in [6, 6.07) is 4.52.